The van der Waals surface area contributed by atoms with E-state index in [2.05, 4.69) is 9.88 Å². The van der Waals surface area contributed by atoms with Gasteiger partial charge in [-0.25, -0.2) is 9.97 Å². The highest BCUT2D eigenvalue weighted by Crippen LogP contribution is 2.44. The van der Waals surface area contributed by atoms with E-state index in [1.807, 2.05) is 35.4 Å². The molecule has 1 saturated heterocycles. The Morgan fingerprint density at radius 1 is 1.07 bits per heavy atom. The molecule has 7 heteroatoms. The molecule has 1 aromatic heterocycles. The molecule has 0 N–H and O–H groups in total. The topological polar surface area (TPSA) is 58.6 Å². The van der Waals surface area contributed by atoms with Crippen molar-refractivity contribution in [1.29, 1.82) is 0 Å². The average molecular weight is 413 g/mol. The van der Waals surface area contributed by atoms with E-state index < -0.39 is 5.41 Å². The molecular weight excluding hydrogens is 388 g/mol. The lowest BCUT2D eigenvalue weighted by atomic mass is 9.77. The third-order valence-electron chi connectivity index (χ3n) is 6.49. The van der Waals surface area contributed by atoms with Gasteiger partial charge in [-0.05, 0) is 30.5 Å². The Bertz CT molecular complexity index is 906. The van der Waals surface area contributed by atoms with Gasteiger partial charge in [0.2, 0.25) is 11.9 Å². The van der Waals surface area contributed by atoms with Gasteiger partial charge >= 0.3 is 0 Å². The summed E-state index contributed by atoms with van der Waals surface area (Å²) in [7, 11) is 0. The van der Waals surface area contributed by atoms with Crippen LogP contribution in [0.2, 0.25) is 5.02 Å². The molecule has 1 amide bonds. The molecule has 3 aliphatic rings. The lowest BCUT2D eigenvalue weighted by molar-refractivity contribution is -0.138. The summed E-state index contributed by atoms with van der Waals surface area (Å²) in [6.07, 6.45) is 5.84. The maximum absolute atomic E-state index is 13.7. The monoisotopic (exact) mass is 412 g/mol. The van der Waals surface area contributed by atoms with Gasteiger partial charge in [0.05, 0.1) is 30.9 Å². The van der Waals surface area contributed by atoms with Crippen molar-refractivity contribution in [2.24, 2.45) is 0 Å². The van der Waals surface area contributed by atoms with Crippen LogP contribution in [-0.2, 0) is 28.0 Å². The molecule has 1 aliphatic carbocycles. The Hall–Kier alpha value is -2.18. The third-order valence-corrected chi connectivity index (χ3v) is 6.74. The van der Waals surface area contributed by atoms with Gasteiger partial charge in [0, 0.05) is 36.4 Å². The number of anilines is 1. The Labute approximate surface area is 175 Å². The molecule has 1 aromatic carbocycles. The van der Waals surface area contributed by atoms with Gasteiger partial charge in [0.15, 0.2) is 0 Å². The second-order valence-electron chi connectivity index (χ2n) is 8.20. The fraction of sp³-hybridized carbons (Fsp3) is 0.500. The zero-order valence-corrected chi connectivity index (χ0v) is 17.2. The number of amides is 1. The van der Waals surface area contributed by atoms with E-state index in [0.717, 1.165) is 61.5 Å². The third kappa shape index (κ3) is 3.38. The lowest BCUT2D eigenvalue weighted by Gasteiger charge is -2.32. The molecular formula is C22H25ClN4O2. The number of aromatic nitrogens is 2. The number of carbonyl (C=O) groups excluding carboxylic acids is 1. The number of rotatable bonds is 3. The summed E-state index contributed by atoms with van der Waals surface area (Å²) in [5.74, 6) is 0.956. The molecule has 2 aromatic rings. The van der Waals surface area contributed by atoms with Crippen molar-refractivity contribution in [3.8, 4) is 0 Å². The van der Waals surface area contributed by atoms with E-state index >= 15 is 0 Å². The molecule has 29 heavy (non-hydrogen) atoms. The quantitative estimate of drug-likeness (QED) is 0.774. The van der Waals surface area contributed by atoms with Gasteiger partial charge < -0.3 is 14.5 Å². The first-order valence-corrected chi connectivity index (χ1v) is 10.8. The number of fused-ring (bicyclic) bond motifs is 1. The highest BCUT2D eigenvalue weighted by atomic mass is 35.5. The SMILES string of the molecule is O=C(N1Cc2cnc(N3CCOCC3)nc2C1)C1(c2ccc(Cl)cc2)CCCC1. The standard InChI is InChI=1S/C22H25ClN4O2/c23-18-5-3-17(4-6-18)22(7-1-2-8-22)20(28)27-14-16-13-24-21(25-19(16)15-27)26-9-11-29-12-10-26/h3-6,13H,1-2,7-12,14-15H2. The van der Waals surface area contributed by atoms with Gasteiger partial charge in [-0.3, -0.25) is 4.79 Å². The molecule has 0 spiro atoms. The Balaban J connectivity index is 1.38. The number of hydrogen-bond donors (Lipinski definition) is 0. The summed E-state index contributed by atoms with van der Waals surface area (Å²) in [4.78, 5) is 27.2. The average Bonchev–Trinajstić information content (AvgIpc) is 3.42. The molecule has 0 radical (unpaired) electrons. The van der Waals surface area contributed by atoms with Crippen molar-refractivity contribution in [2.45, 2.75) is 44.2 Å². The second-order valence-corrected chi connectivity index (χ2v) is 8.64. The van der Waals surface area contributed by atoms with E-state index in [4.69, 9.17) is 21.3 Å². The molecule has 2 fully saturated rings. The van der Waals surface area contributed by atoms with Crippen LogP contribution in [0.3, 0.4) is 0 Å². The van der Waals surface area contributed by atoms with Crippen LogP contribution in [0.15, 0.2) is 30.5 Å². The number of benzene rings is 1. The van der Waals surface area contributed by atoms with Crippen LogP contribution in [-0.4, -0.2) is 47.1 Å². The first kappa shape index (κ1) is 18.8. The summed E-state index contributed by atoms with van der Waals surface area (Å²) in [5, 5.41) is 0.703. The van der Waals surface area contributed by atoms with Crippen molar-refractivity contribution < 1.29 is 9.53 Å². The molecule has 152 valence electrons. The van der Waals surface area contributed by atoms with Crippen LogP contribution < -0.4 is 4.90 Å². The maximum Gasteiger partial charge on any atom is 0.233 e. The maximum atomic E-state index is 13.7. The minimum Gasteiger partial charge on any atom is -0.378 e. The van der Waals surface area contributed by atoms with E-state index in [9.17, 15) is 4.79 Å². The summed E-state index contributed by atoms with van der Waals surface area (Å²) in [6.45, 7) is 4.17. The molecule has 2 aliphatic heterocycles. The number of carbonyl (C=O) groups is 1. The first-order valence-electron chi connectivity index (χ1n) is 10.4. The number of morpholine rings is 1. The van der Waals surface area contributed by atoms with E-state index in [1.54, 1.807) is 0 Å². The lowest BCUT2D eigenvalue weighted by Crippen LogP contribution is -2.43. The number of ether oxygens (including phenoxy) is 1. The highest BCUT2D eigenvalue weighted by Gasteiger charge is 2.46. The molecule has 0 atom stereocenters. The van der Waals surface area contributed by atoms with Crippen LogP contribution in [0.1, 0.15) is 42.5 Å². The van der Waals surface area contributed by atoms with E-state index in [1.165, 1.54) is 0 Å². The largest absolute Gasteiger partial charge is 0.378 e. The van der Waals surface area contributed by atoms with Crippen LogP contribution in [0.5, 0.6) is 0 Å². The highest BCUT2D eigenvalue weighted by molar-refractivity contribution is 6.30. The van der Waals surface area contributed by atoms with Crippen LogP contribution in [0, 0.1) is 0 Å². The van der Waals surface area contributed by atoms with E-state index in [0.29, 0.717) is 31.3 Å². The fourth-order valence-corrected chi connectivity index (χ4v) is 5.00. The Morgan fingerprint density at radius 2 is 1.79 bits per heavy atom. The van der Waals surface area contributed by atoms with Gasteiger partial charge in [-0.2, -0.15) is 0 Å². The van der Waals surface area contributed by atoms with Crippen molar-refractivity contribution in [3.63, 3.8) is 0 Å². The van der Waals surface area contributed by atoms with Gasteiger partial charge in [-0.15, -0.1) is 0 Å². The van der Waals surface area contributed by atoms with Crippen molar-refractivity contribution in [1.82, 2.24) is 14.9 Å². The predicted octanol–water partition coefficient (Wildman–Crippen LogP) is 3.32. The number of hydrogen-bond acceptors (Lipinski definition) is 5. The molecule has 0 bridgehead atoms. The molecule has 0 unspecified atom stereocenters. The molecule has 3 heterocycles. The fourth-order valence-electron chi connectivity index (χ4n) is 4.88. The van der Waals surface area contributed by atoms with Crippen LogP contribution in [0.25, 0.3) is 0 Å². The normalized spacial score (nSPS) is 20.7. The summed E-state index contributed by atoms with van der Waals surface area (Å²) in [6, 6.07) is 7.82. The summed E-state index contributed by atoms with van der Waals surface area (Å²) >= 11 is 6.09. The van der Waals surface area contributed by atoms with Crippen LogP contribution >= 0.6 is 11.6 Å². The zero-order valence-electron chi connectivity index (χ0n) is 16.4. The van der Waals surface area contributed by atoms with Crippen molar-refractivity contribution in [2.75, 3.05) is 31.2 Å². The van der Waals surface area contributed by atoms with E-state index in [-0.39, 0.29) is 5.91 Å². The number of nitrogens with zero attached hydrogens (tertiary/aromatic N) is 4. The number of halogens is 1. The summed E-state index contributed by atoms with van der Waals surface area (Å²) in [5.41, 5.74) is 2.67. The van der Waals surface area contributed by atoms with Gasteiger partial charge in [0.1, 0.15) is 0 Å². The Morgan fingerprint density at radius 3 is 2.52 bits per heavy atom. The molecule has 6 nitrogen and oxygen atoms in total. The smallest absolute Gasteiger partial charge is 0.233 e. The minimum absolute atomic E-state index is 0.211. The molecule has 1 saturated carbocycles. The van der Waals surface area contributed by atoms with Crippen LogP contribution in [0.4, 0.5) is 5.95 Å². The molecule has 5 rings (SSSR count). The predicted molar refractivity (Wildman–Crippen MR) is 111 cm³/mol. The summed E-state index contributed by atoms with van der Waals surface area (Å²) < 4.78 is 5.42. The zero-order chi connectivity index (χ0) is 19.8. The van der Waals surface area contributed by atoms with Crippen molar-refractivity contribution in [3.05, 3.63) is 52.3 Å². The Kier molecular flexibility index (Phi) is 4.92. The van der Waals surface area contributed by atoms with Gasteiger partial charge in [-0.1, -0.05) is 36.6 Å². The minimum atomic E-state index is -0.437. The first-order chi connectivity index (χ1) is 14.2. The van der Waals surface area contributed by atoms with Crippen molar-refractivity contribution >= 4 is 23.5 Å². The van der Waals surface area contributed by atoms with Gasteiger partial charge in [0.25, 0.3) is 0 Å². The second kappa shape index (κ2) is 7.58.